The van der Waals surface area contributed by atoms with Crippen LogP contribution in [-0.2, 0) is 14.5 Å². The highest BCUT2D eigenvalue weighted by atomic mass is 32.3. The molecule has 0 aromatic heterocycles. The van der Waals surface area contributed by atoms with Gasteiger partial charge in [-0.2, -0.15) is 0 Å². The lowest BCUT2D eigenvalue weighted by Crippen LogP contribution is -2.58. The second-order valence-corrected chi connectivity index (χ2v) is 9.47. The Balaban J connectivity index is 2.23. The zero-order chi connectivity index (χ0) is 12.0. The summed E-state index contributed by atoms with van der Waals surface area (Å²) in [5.74, 6) is 1.61. The van der Waals surface area contributed by atoms with Gasteiger partial charge < -0.3 is 5.73 Å². The summed E-state index contributed by atoms with van der Waals surface area (Å²) in [5, 5.41) is 0. The summed E-state index contributed by atoms with van der Waals surface area (Å²) >= 11 is 0. The first kappa shape index (κ1) is 12.0. The van der Waals surface area contributed by atoms with Crippen molar-refractivity contribution in [3.8, 4) is 0 Å². The van der Waals surface area contributed by atoms with Gasteiger partial charge >= 0.3 is 0 Å². The molecule has 2 N–H and O–H groups in total. The van der Waals surface area contributed by atoms with Crippen LogP contribution in [0.1, 0.15) is 30.9 Å². The lowest BCUT2D eigenvalue weighted by Gasteiger charge is -2.41. The quantitative estimate of drug-likeness (QED) is 0.806. The van der Waals surface area contributed by atoms with E-state index in [1.54, 1.807) is 0 Å². The van der Waals surface area contributed by atoms with Crippen LogP contribution >= 0.6 is 0 Å². The van der Waals surface area contributed by atoms with Gasteiger partial charge in [0, 0.05) is 11.5 Å². The third kappa shape index (κ3) is 2.14. The van der Waals surface area contributed by atoms with E-state index in [0.717, 1.165) is 5.56 Å². The van der Waals surface area contributed by atoms with E-state index in [1.165, 1.54) is 5.56 Å². The number of benzene rings is 1. The SMILES string of the molecule is CC(C)c1ccc(C2(N)CS(=O)(=[Si])C2)cc1. The molecule has 0 unspecified atom stereocenters. The van der Waals surface area contributed by atoms with Crippen LogP contribution in [0, 0.1) is 0 Å². The molecule has 2 radical (unpaired) electrons. The maximum atomic E-state index is 11.6. The van der Waals surface area contributed by atoms with Gasteiger partial charge in [0.2, 0.25) is 0 Å². The molecule has 1 saturated heterocycles. The van der Waals surface area contributed by atoms with Gasteiger partial charge in [0.15, 0.2) is 0 Å². The second-order valence-electron chi connectivity index (χ2n) is 5.03. The number of hydrogen-bond acceptors (Lipinski definition) is 2. The fourth-order valence-electron chi connectivity index (χ4n) is 2.16. The zero-order valence-electron chi connectivity index (χ0n) is 9.69. The van der Waals surface area contributed by atoms with Crippen molar-refractivity contribution in [3.63, 3.8) is 0 Å². The first-order valence-electron chi connectivity index (χ1n) is 5.46. The topological polar surface area (TPSA) is 43.1 Å². The fourth-order valence-corrected chi connectivity index (χ4v) is 5.61. The molecule has 1 fully saturated rings. The Morgan fingerprint density at radius 1 is 1.31 bits per heavy atom. The molecular formula is C12H17NOSSi. The van der Waals surface area contributed by atoms with Crippen molar-refractivity contribution in [1.82, 2.24) is 0 Å². The van der Waals surface area contributed by atoms with Gasteiger partial charge in [-0.15, -0.1) is 0 Å². The lowest BCUT2D eigenvalue weighted by molar-refractivity contribution is 0.512. The maximum absolute atomic E-state index is 11.6. The fraction of sp³-hybridized carbons (Fsp3) is 0.500. The van der Waals surface area contributed by atoms with Crippen LogP contribution in [0.5, 0.6) is 0 Å². The molecule has 1 aromatic rings. The summed E-state index contributed by atoms with van der Waals surface area (Å²) in [6.45, 7) is 4.34. The van der Waals surface area contributed by atoms with Crippen molar-refractivity contribution in [2.75, 3.05) is 11.5 Å². The third-order valence-corrected chi connectivity index (χ3v) is 5.96. The predicted octanol–water partition coefficient (Wildman–Crippen LogP) is 1.35. The molecule has 16 heavy (non-hydrogen) atoms. The Morgan fingerprint density at radius 3 is 2.19 bits per heavy atom. The van der Waals surface area contributed by atoms with Crippen molar-refractivity contribution in [2.45, 2.75) is 25.3 Å². The Bertz CT molecular complexity index is 478. The summed E-state index contributed by atoms with van der Waals surface area (Å²) < 4.78 is 11.6. The van der Waals surface area contributed by atoms with Gasteiger partial charge in [0.1, 0.15) is 8.95 Å². The molecule has 0 amide bonds. The van der Waals surface area contributed by atoms with Crippen molar-refractivity contribution in [2.24, 2.45) is 5.73 Å². The van der Waals surface area contributed by atoms with Crippen LogP contribution in [0.4, 0.5) is 0 Å². The zero-order valence-corrected chi connectivity index (χ0v) is 11.5. The number of rotatable bonds is 2. The summed E-state index contributed by atoms with van der Waals surface area (Å²) in [4.78, 5) is 0. The van der Waals surface area contributed by atoms with Crippen molar-refractivity contribution in [1.29, 1.82) is 0 Å². The second kappa shape index (κ2) is 3.79. The largest absolute Gasteiger partial charge is 0.320 e. The highest BCUT2D eigenvalue weighted by Crippen LogP contribution is 2.32. The monoisotopic (exact) mass is 251 g/mol. The lowest BCUT2D eigenvalue weighted by atomic mass is 9.92. The minimum atomic E-state index is -1.83. The van der Waals surface area contributed by atoms with E-state index in [1.807, 2.05) is 0 Å². The average molecular weight is 251 g/mol. The molecule has 86 valence electrons. The summed E-state index contributed by atoms with van der Waals surface area (Å²) in [5.41, 5.74) is 8.22. The van der Waals surface area contributed by atoms with E-state index in [-0.39, 0.29) is 0 Å². The van der Waals surface area contributed by atoms with E-state index in [9.17, 15) is 4.21 Å². The van der Waals surface area contributed by atoms with Gasteiger partial charge in [0.05, 0.1) is 5.54 Å². The highest BCUT2D eigenvalue weighted by Gasteiger charge is 2.42. The van der Waals surface area contributed by atoms with Crippen LogP contribution in [0.25, 0.3) is 0 Å². The molecule has 1 aliphatic heterocycles. The van der Waals surface area contributed by atoms with Crippen LogP contribution < -0.4 is 5.73 Å². The Hall–Kier alpha value is -0.453. The first-order valence-corrected chi connectivity index (χ1v) is 8.58. The molecule has 0 bridgehead atoms. The highest BCUT2D eigenvalue weighted by molar-refractivity contribution is 8.06. The molecule has 1 aliphatic rings. The molecule has 0 aliphatic carbocycles. The van der Waals surface area contributed by atoms with Crippen LogP contribution in [0.15, 0.2) is 24.3 Å². The maximum Gasteiger partial charge on any atom is 0.119 e. The van der Waals surface area contributed by atoms with Gasteiger partial charge in [0.25, 0.3) is 0 Å². The predicted molar refractivity (Wildman–Crippen MR) is 70.0 cm³/mol. The molecule has 0 atom stereocenters. The van der Waals surface area contributed by atoms with Gasteiger partial charge in [-0.05, 0) is 26.0 Å². The molecule has 1 heterocycles. The standard InChI is InChI=1S/C12H17NOSSi/c1-9(2)10-3-5-11(6-4-10)12(13)7-15(14,16)8-12/h3-6,9H,7-8,13H2,1-2H3. The molecule has 2 nitrogen and oxygen atoms in total. The minimum Gasteiger partial charge on any atom is -0.320 e. The molecule has 0 spiro atoms. The minimum absolute atomic E-state index is 0.395. The van der Waals surface area contributed by atoms with Crippen LogP contribution in [-0.4, -0.2) is 24.7 Å². The molecule has 0 saturated carbocycles. The average Bonchev–Trinajstić information content (AvgIpc) is 2.14. The molecular weight excluding hydrogens is 234 g/mol. The summed E-state index contributed by atoms with van der Waals surface area (Å²) in [6.07, 6.45) is 0. The first-order chi connectivity index (χ1) is 7.32. The van der Waals surface area contributed by atoms with Crippen molar-refractivity contribution >= 4 is 17.9 Å². The van der Waals surface area contributed by atoms with Gasteiger partial charge in [-0.1, -0.05) is 38.1 Å². The molecule has 4 heteroatoms. The smallest absolute Gasteiger partial charge is 0.119 e. The number of hydrogen-bond donors (Lipinski definition) is 1. The summed E-state index contributed by atoms with van der Waals surface area (Å²) in [7, 11) is 1.44. The van der Waals surface area contributed by atoms with Gasteiger partial charge in [-0.25, -0.2) is 0 Å². The van der Waals surface area contributed by atoms with Crippen LogP contribution in [0.3, 0.4) is 0 Å². The Labute approximate surface area is 100 Å². The number of nitrogens with two attached hydrogens (primary N) is 1. The normalized spacial score (nSPS) is 33.8. The van der Waals surface area contributed by atoms with Crippen LogP contribution in [0.2, 0.25) is 0 Å². The van der Waals surface area contributed by atoms with Gasteiger partial charge in [-0.3, -0.25) is 4.21 Å². The van der Waals surface area contributed by atoms with E-state index < -0.39 is 14.5 Å². The summed E-state index contributed by atoms with van der Waals surface area (Å²) in [6, 6.07) is 8.36. The molecule has 2 rings (SSSR count). The van der Waals surface area contributed by atoms with Crippen molar-refractivity contribution < 1.29 is 4.21 Å². The van der Waals surface area contributed by atoms with E-state index in [2.05, 4.69) is 47.1 Å². The third-order valence-electron chi connectivity index (χ3n) is 3.13. The van der Waals surface area contributed by atoms with E-state index in [4.69, 9.17) is 5.73 Å². The van der Waals surface area contributed by atoms with Crippen molar-refractivity contribution in [3.05, 3.63) is 35.4 Å². The Kier molecular flexibility index (Phi) is 2.84. The van der Waals surface area contributed by atoms with E-state index >= 15 is 0 Å². The molecule has 1 aromatic carbocycles. The van der Waals surface area contributed by atoms with E-state index in [0.29, 0.717) is 17.4 Å². The Morgan fingerprint density at radius 2 is 1.81 bits per heavy atom.